The summed E-state index contributed by atoms with van der Waals surface area (Å²) in [5.74, 6) is 0.778. The van der Waals surface area contributed by atoms with E-state index in [4.69, 9.17) is 0 Å². The van der Waals surface area contributed by atoms with E-state index in [1.807, 2.05) is 56.4 Å². The molecule has 146 valence electrons. The van der Waals surface area contributed by atoms with Crippen LogP contribution in [0.15, 0.2) is 59.8 Å². The largest absolute Gasteiger partial charge is 0.338 e. The minimum absolute atomic E-state index is 0.00822. The minimum atomic E-state index is 0.00822. The van der Waals surface area contributed by atoms with E-state index in [-0.39, 0.29) is 17.7 Å². The molecule has 0 aliphatic heterocycles. The Balaban J connectivity index is 1.65. The van der Waals surface area contributed by atoms with Crippen molar-refractivity contribution in [2.24, 2.45) is 0 Å². The molecule has 3 rings (SSSR count). The van der Waals surface area contributed by atoms with Gasteiger partial charge in [0, 0.05) is 7.05 Å². The highest BCUT2D eigenvalue weighted by Crippen LogP contribution is 2.23. The van der Waals surface area contributed by atoms with Gasteiger partial charge in [-0.25, -0.2) is 0 Å². The monoisotopic (exact) mass is 395 g/mol. The first kappa shape index (κ1) is 20.1. The number of hydrogen-bond donors (Lipinski definition) is 0. The molecule has 0 unspecified atom stereocenters. The van der Waals surface area contributed by atoms with E-state index in [0.717, 1.165) is 11.3 Å². The molecule has 6 nitrogen and oxygen atoms in total. The van der Waals surface area contributed by atoms with E-state index in [9.17, 15) is 4.79 Å². The highest BCUT2D eigenvalue weighted by atomic mass is 32.2. The van der Waals surface area contributed by atoms with Gasteiger partial charge in [0.2, 0.25) is 11.1 Å². The second kappa shape index (κ2) is 9.01. The van der Waals surface area contributed by atoms with Crippen LogP contribution in [0.1, 0.15) is 43.9 Å². The van der Waals surface area contributed by atoms with Crippen molar-refractivity contribution < 1.29 is 4.79 Å². The maximum Gasteiger partial charge on any atom is 0.233 e. The Hall–Kier alpha value is -2.67. The third-order valence-electron chi connectivity index (χ3n) is 4.83. The van der Waals surface area contributed by atoms with Gasteiger partial charge in [-0.15, -0.1) is 5.10 Å². The SMILES string of the molecule is CC(C)c1ccc(-n2nnnc2SCC(=O)N(C)[C@H](C)c2ccccc2)cc1. The molecular formula is C21H25N5OS. The molecule has 0 aliphatic carbocycles. The molecular weight excluding hydrogens is 370 g/mol. The fourth-order valence-electron chi connectivity index (χ4n) is 2.83. The normalized spacial score (nSPS) is 12.2. The minimum Gasteiger partial charge on any atom is -0.338 e. The summed E-state index contributed by atoms with van der Waals surface area (Å²) in [5, 5.41) is 12.5. The number of carbonyl (C=O) groups is 1. The summed E-state index contributed by atoms with van der Waals surface area (Å²) in [5.41, 5.74) is 3.26. The molecule has 0 aliphatic rings. The molecule has 0 saturated carbocycles. The van der Waals surface area contributed by atoms with Crippen LogP contribution in [0, 0.1) is 0 Å². The summed E-state index contributed by atoms with van der Waals surface area (Å²) in [6.45, 7) is 6.34. The van der Waals surface area contributed by atoms with Crippen LogP contribution in [0.4, 0.5) is 0 Å². The lowest BCUT2D eigenvalue weighted by Gasteiger charge is -2.25. The number of benzene rings is 2. The lowest BCUT2D eigenvalue weighted by Crippen LogP contribution is -2.31. The summed E-state index contributed by atoms with van der Waals surface area (Å²) < 4.78 is 1.67. The maximum atomic E-state index is 12.6. The van der Waals surface area contributed by atoms with Gasteiger partial charge in [0.15, 0.2) is 0 Å². The van der Waals surface area contributed by atoms with Crippen LogP contribution in [-0.4, -0.2) is 43.8 Å². The van der Waals surface area contributed by atoms with Crippen molar-refractivity contribution in [1.82, 2.24) is 25.1 Å². The van der Waals surface area contributed by atoms with E-state index in [0.29, 0.717) is 11.1 Å². The predicted molar refractivity (Wildman–Crippen MR) is 112 cm³/mol. The molecule has 0 saturated heterocycles. The summed E-state index contributed by atoms with van der Waals surface area (Å²) in [6, 6.07) is 18.2. The molecule has 28 heavy (non-hydrogen) atoms. The Kier molecular flexibility index (Phi) is 6.46. The van der Waals surface area contributed by atoms with Gasteiger partial charge in [0.05, 0.1) is 17.5 Å². The fraction of sp³-hybridized carbons (Fsp3) is 0.333. The molecule has 1 heterocycles. The van der Waals surface area contributed by atoms with Crippen molar-refractivity contribution >= 4 is 17.7 Å². The van der Waals surface area contributed by atoms with Gasteiger partial charge in [-0.1, -0.05) is 68.1 Å². The van der Waals surface area contributed by atoms with E-state index in [2.05, 4.69) is 41.5 Å². The number of aromatic nitrogens is 4. The molecule has 0 N–H and O–H groups in total. The standard InChI is InChI=1S/C21H25N5OS/c1-15(2)17-10-12-19(13-11-17)26-21(22-23-24-26)28-14-20(27)25(4)16(3)18-8-6-5-7-9-18/h5-13,15-16H,14H2,1-4H3/t16-/m1/s1. The average molecular weight is 396 g/mol. The number of rotatable bonds is 7. The second-order valence-electron chi connectivity index (χ2n) is 7.00. The molecule has 0 bridgehead atoms. The molecule has 7 heteroatoms. The zero-order valence-corrected chi connectivity index (χ0v) is 17.4. The highest BCUT2D eigenvalue weighted by molar-refractivity contribution is 7.99. The number of amides is 1. The second-order valence-corrected chi connectivity index (χ2v) is 7.94. The van der Waals surface area contributed by atoms with E-state index in [1.54, 1.807) is 9.58 Å². The van der Waals surface area contributed by atoms with Gasteiger partial charge < -0.3 is 4.90 Å². The zero-order chi connectivity index (χ0) is 20.1. The molecule has 1 amide bonds. The van der Waals surface area contributed by atoms with Crippen molar-refractivity contribution in [3.05, 3.63) is 65.7 Å². The summed E-state index contributed by atoms with van der Waals surface area (Å²) in [7, 11) is 1.83. The van der Waals surface area contributed by atoms with Crippen LogP contribution in [0.25, 0.3) is 5.69 Å². The van der Waals surface area contributed by atoms with Crippen molar-refractivity contribution in [3.8, 4) is 5.69 Å². The summed E-state index contributed by atoms with van der Waals surface area (Å²) in [6.07, 6.45) is 0. The lowest BCUT2D eigenvalue weighted by molar-refractivity contribution is -0.128. The number of hydrogen-bond acceptors (Lipinski definition) is 5. The molecule has 0 fully saturated rings. The van der Waals surface area contributed by atoms with Crippen molar-refractivity contribution in [3.63, 3.8) is 0 Å². The Morgan fingerprint density at radius 3 is 2.36 bits per heavy atom. The van der Waals surface area contributed by atoms with Crippen LogP contribution < -0.4 is 0 Å². The van der Waals surface area contributed by atoms with Gasteiger partial charge in [-0.05, 0) is 46.5 Å². The Morgan fingerprint density at radius 2 is 1.71 bits per heavy atom. The molecule has 2 aromatic carbocycles. The van der Waals surface area contributed by atoms with Gasteiger partial charge in [-0.2, -0.15) is 4.68 Å². The van der Waals surface area contributed by atoms with Crippen LogP contribution in [0.3, 0.4) is 0 Å². The quantitative estimate of drug-likeness (QED) is 0.564. The first-order chi connectivity index (χ1) is 13.5. The Morgan fingerprint density at radius 1 is 1.04 bits per heavy atom. The van der Waals surface area contributed by atoms with E-state index < -0.39 is 0 Å². The van der Waals surface area contributed by atoms with Gasteiger partial charge >= 0.3 is 0 Å². The predicted octanol–water partition coefficient (Wildman–Crippen LogP) is 4.10. The third-order valence-corrected chi connectivity index (χ3v) is 5.73. The van der Waals surface area contributed by atoms with Crippen LogP contribution >= 0.6 is 11.8 Å². The van der Waals surface area contributed by atoms with Crippen LogP contribution in [0.2, 0.25) is 0 Å². The van der Waals surface area contributed by atoms with Crippen molar-refractivity contribution in [2.75, 3.05) is 12.8 Å². The van der Waals surface area contributed by atoms with Gasteiger partial charge in [0.1, 0.15) is 0 Å². The summed E-state index contributed by atoms with van der Waals surface area (Å²) in [4.78, 5) is 14.4. The smallest absolute Gasteiger partial charge is 0.233 e. The molecule has 3 aromatic rings. The van der Waals surface area contributed by atoms with Gasteiger partial charge in [0.25, 0.3) is 0 Å². The fourth-order valence-corrected chi connectivity index (χ4v) is 3.65. The topological polar surface area (TPSA) is 63.9 Å². The Bertz CT molecular complexity index is 908. The Labute approximate surface area is 169 Å². The first-order valence-corrected chi connectivity index (χ1v) is 10.3. The number of tetrazole rings is 1. The van der Waals surface area contributed by atoms with Crippen LogP contribution in [0.5, 0.6) is 0 Å². The molecule has 1 aromatic heterocycles. The maximum absolute atomic E-state index is 12.6. The zero-order valence-electron chi connectivity index (χ0n) is 16.6. The number of nitrogens with zero attached hydrogens (tertiary/aromatic N) is 5. The molecule has 0 spiro atoms. The highest BCUT2D eigenvalue weighted by Gasteiger charge is 2.19. The lowest BCUT2D eigenvalue weighted by atomic mass is 10.0. The summed E-state index contributed by atoms with van der Waals surface area (Å²) >= 11 is 1.34. The van der Waals surface area contributed by atoms with Crippen LogP contribution in [-0.2, 0) is 4.79 Å². The molecule has 0 radical (unpaired) electrons. The third kappa shape index (κ3) is 4.59. The number of carbonyl (C=O) groups excluding carboxylic acids is 1. The van der Waals surface area contributed by atoms with E-state index >= 15 is 0 Å². The van der Waals surface area contributed by atoms with Crippen molar-refractivity contribution in [2.45, 2.75) is 37.9 Å². The van der Waals surface area contributed by atoms with Crippen molar-refractivity contribution in [1.29, 1.82) is 0 Å². The average Bonchev–Trinajstić information content (AvgIpc) is 3.20. The first-order valence-electron chi connectivity index (χ1n) is 9.29. The molecule has 1 atom stereocenters. The van der Waals surface area contributed by atoms with E-state index in [1.165, 1.54) is 17.3 Å². The number of thioether (sulfide) groups is 1. The van der Waals surface area contributed by atoms with Gasteiger partial charge in [-0.3, -0.25) is 4.79 Å².